The first-order valence-corrected chi connectivity index (χ1v) is 7.15. The fourth-order valence-corrected chi connectivity index (χ4v) is 2.24. The van der Waals surface area contributed by atoms with Crippen molar-refractivity contribution in [2.24, 2.45) is 0 Å². The van der Waals surface area contributed by atoms with Crippen molar-refractivity contribution in [2.45, 2.75) is 6.92 Å². The predicted molar refractivity (Wildman–Crippen MR) is 84.8 cm³/mol. The first kappa shape index (κ1) is 17.9. The van der Waals surface area contributed by atoms with Gasteiger partial charge in [0.1, 0.15) is 5.57 Å². The molecule has 0 unspecified atom stereocenters. The van der Waals surface area contributed by atoms with Gasteiger partial charge in [0.15, 0.2) is 5.75 Å². The van der Waals surface area contributed by atoms with E-state index in [0.717, 1.165) is 21.9 Å². The van der Waals surface area contributed by atoms with E-state index in [0.29, 0.717) is 0 Å². The van der Waals surface area contributed by atoms with Crippen LogP contribution < -0.4 is 4.74 Å². The van der Waals surface area contributed by atoms with Crippen LogP contribution >= 0.6 is 0 Å². The van der Waals surface area contributed by atoms with Gasteiger partial charge in [-0.1, -0.05) is 0 Å². The Kier molecular flexibility index (Phi) is 4.72. The Morgan fingerprint density at radius 1 is 1.20 bits per heavy atom. The number of phenolic OH excluding ortho intramolecular Hbond substituents is 1. The monoisotopic (exact) mass is 349 g/mol. The molecule has 0 atom stereocenters. The number of phenols is 1. The zero-order valence-electron chi connectivity index (χ0n) is 13.7. The Morgan fingerprint density at radius 2 is 1.76 bits per heavy atom. The second kappa shape index (κ2) is 6.59. The number of nitro benzene ring substituents is 1. The maximum Gasteiger partial charge on any atom is 0.333 e. The third-order valence-corrected chi connectivity index (χ3v) is 3.53. The summed E-state index contributed by atoms with van der Waals surface area (Å²) in [4.78, 5) is 47.8. The summed E-state index contributed by atoms with van der Waals surface area (Å²) in [6.45, 7) is 1.77. The number of carbonyl (C=O) groups excluding carboxylic acids is 3. The molecule has 0 saturated carbocycles. The molecule has 25 heavy (non-hydrogen) atoms. The summed E-state index contributed by atoms with van der Waals surface area (Å²) in [6, 6.07) is 1.48. The Balaban J connectivity index is 2.59. The largest absolute Gasteiger partial charge is 0.500 e. The van der Waals surface area contributed by atoms with Crippen molar-refractivity contribution >= 4 is 29.6 Å². The highest BCUT2D eigenvalue weighted by atomic mass is 16.6. The lowest BCUT2D eigenvalue weighted by molar-refractivity contribution is -0.386. The maximum atomic E-state index is 12.2. The molecule has 0 spiro atoms. The number of rotatable bonds is 4. The van der Waals surface area contributed by atoms with Crippen LogP contribution in [0.5, 0.6) is 11.5 Å². The van der Waals surface area contributed by atoms with Gasteiger partial charge in [0.2, 0.25) is 5.75 Å². The molecule has 1 aromatic carbocycles. The number of nitro groups is 1. The average molecular weight is 349 g/mol. The molecule has 0 radical (unpaired) electrons. The van der Waals surface area contributed by atoms with Crippen molar-refractivity contribution in [2.75, 3.05) is 20.7 Å². The molecular formula is C15H15N3O7. The topological polar surface area (TPSA) is 130 Å². The second-order valence-electron chi connectivity index (χ2n) is 5.15. The molecule has 1 heterocycles. The molecular weight excluding hydrogens is 334 g/mol. The number of benzene rings is 1. The molecule has 0 aliphatic carbocycles. The fourth-order valence-electron chi connectivity index (χ4n) is 2.24. The van der Waals surface area contributed by atoms with E-state index in [1.807, 2.05) is 0 Å². The molecule has 2 rings (SSSR count). The minimum atomic E-state index is -0.832. The summed E-state index contributed by atoms with van der Waals surface area (Å²) in [5.74, 6) is -2.47. The molecule has 4 amide bonds. The third-order valence-electron chi connectivity index (χ3n) is 3.53. The number of imide groups is 2. The van der Waals surface area contributed by atoms with Gasteiger partial charge in [0.25, 0.3) is 11.8 Å². The lowest BCUT2D eigenvalue weighted by Crippen LogP contribution is -2.52. The summed E-state index contributed by atoms with van der Waals surface area (Å²) in [5, 5.41) is 20.9. The van der Waals surface area contributed by atoms with E-state index in [-0.39, 0.29) is 23.5 Å². The Bertz CT molecular complexity index is 790. The summed E-state index contributed by atoms with van der Waals surface area (Å²) >= 11 is 0. The van der Waals surface area contributed by atoms with Crippen LogP contribution in [0.3, 0.4) is 0 Å². The first-order valence-electron chi connectivity index (χ1n) is 7.15. The minimum Gasteiger partial charge on any atom is -0.500 e. The lowest BCUT2D eigenvalue weighted by Gasteiger charge is -2.28. The second-order valence-corrected chi connectivity index (χ2v) is 5.15. The predicted octanol–water partition coefficient (Wildman–Crippen LogP) is 1.13. The van der Waals surface area contributed by atoms with Gasteiger partial charge in [-0.3, -0.25) is 29.5 Å². The van der Waals surface area contributed by atoms with Gasteiger partial charge in [0, 0.05) is 20.2 Å². The van der Waals surface area contributed by atoms with Crippen LogP contribution in [-0.4, -0.2) is 58.4 Å². The Labute approximate surface area is 142 Å². The molecule has 0 bridgehead atoms. The molecule has 10 heteroatoms. The Morgan fingerprint density at radius 3 is 2.24 bits per heavy atom. The maximum absolute atomic E-state index is 12.2. The number of hydrogen-bond donors (Lipinski definition) is 1. The lowest BCUT2D eigenvalue weighted by atomic mass is 10.1. The quantitative estimate of drug-likeness (QED) is 0.373. The molecule has 132 valence electrons. The average Bonchev–Trinajstić information content (AvgIpc) is 2.57. The van der Waals surface area contributed by atoms with Crippen LogP contribution in [0.15, 0.2) is 17.7 Å². The summed E-state index contributed by atoms with van der Waals surface area (Å²) in [7, 11) is 2.43. The SMILES string of the molecule is CCOc1cc(C=C2C(=O)N(C)C(=O)N(C)C2=O)cc([N+](=O)[O-])c1O. The fraction of sp³-hybridized carbons (Fsp3) is 0.267. The Hall–Kier alpha value is -3.43. The molecule has 1 fully saturated rings. The van der Waals surface area contributed by atoms with Crippen LogP contribution in [0.1, 0.15) is 12.5 Å². The van der Waals surface area contributed by atoms with Crippen LogP contribution in [0.25, 0.3) is 6.08 Å². The van der Waals surface area contributed by atoms with Crippen molar-refractivity contribution in [3.8, 4) is 11.5 Å². The van der Waals surface area contributed by atoms with Crippen molar-refractivity contribution in [3.05, 3.63) is 33.4 Å². The number of amides is 4. The third kappa shape index (κ3) is 3.13. The van der Waals surface area contributed by atoms with Crippen LogP contribution in [0.4, 0.5) is 10.5 Å². The van der Waals surface area contributed by atoms with E-state index in [1.54, 1.807) is 6.92 Å². The molecule has 1 N–H and O–H groups in total. The van der Waals surface area contributed by atoms with Gasteiger partial charge in [-0.25, -0.2) is 4.79 Å². The summed E-state index contributed by atoms with van der Waals surface area (Å²) < 4.78 is 5.14. The number of hydrogen-bond acceptors (Lipinski definition) is 7. The molecule has 10 nitrogen and oxygen atoms in total. The zero-order valence-corrected chi connectivity index (χ0v) is 13.7. The van der Waals surface area contributed by atoms with Gasteiger partial charge in [-0.2, -0.15) is 0 Å². The minimum absolute atomic E-state index is 0.0980. The highest BCUT2D eigenvalue weighted by Gasteiger charge is 2.38. The molecule has 1 aromatic rings. The van der Waals surface area contributed by atoms with E-state index in [9.17, 15) is 29.6 Å². The van der Waals surface area contributed by atoms with E-state index in [1.165, 1.54) is 20.2 Å². The highest BCUT2D eigenvalue weighted by Crippen LogP contribution is 2.38. The van der Waals surface area contributed by atoms with Crippen molar-refractivity contribution in [1.82, 2.24) is 9.80 Å². The van der Waals surface area contributed by atoms with Gasteiger partial charge in [-0.15, -0.1) is 0 Å². The van der Waals surface area contributed by atoms with Gasteiger partial charge < -0.3 is 9.84 Å². The van der Waals surface area contributed by atoms with Crippen LogP contribution in [0, 0.1) is 10.1 Å². The van der Waals surface area contributed by atoms with Gasteiger partial charge in [0.05, 0.1) is 11.5 Å². The normalized spacial score (nSPS) is 14.8. The van der Waals surface area contributed by atoms with Crippen molar-refractivity contribution < 1.29 is 29.2 Å². The number of aromatic hydroxyl groups is 1. The van der Waals surface area contributed by atoms with Crippen LogP contribution in [0.2, 0.25) is 0 Å². The van der Waals surface area contributed by atoms with E-state index in [4.69, 9.17) is 4.74 Å². The van der Waals surface area contributed by atoms with Crippen LogP contribution in [-0.2, 0) is 9.59 Å². The van der Waals surface area contributed by atoms with Gasteiger partial charge >= 0.3 is 11.7 Å². The molecule has 0 aromatic heterocycles. The zero-order chi connectivity index (χ0) is 18.9. The smallest absolute Gasteiger partial charge is 0.333 e. The van der Waals surface area contributed by atoms with E-state index in [2.05, 4.69) is 0 Å². The van der Waals surface area contributed by atoms with Crippen molar-refractivity contribution in [1.29, 1.82) is 0 Å². The number of barbiturate groups is 1. The molecule has 1 aliphatic heterocycles. The first-order chi connectivity index (χ1) is 11.7. The number of carbonyl (C=O) groups is 3. The number of ether oxygens (including phenoxy) is 1. The summed E-state index contributed by atoms with van der Waals surface area (Å²) in [5.41, 5.74) is -0.876. The number of nitrogens with zero attached hydrogens (tertiary/aromatic N) is 3. The number of likely N-dealkylation sites (N-methyl/N-ethyl adjacent to an activating group) is 2. The summed E-state index contributed by atoms with van der Waals surface area (Å²) in [6.07, 6.45) is 1.11. The standard InChI is InChI=1S/C15H15N3O7/c1-4-25-11-7-8(6-10(12(11)19)18(23)24)5-9-13(20)16(2)15(22)17(3)14(9)21/h5-7,19H,4H2,1-3H3. The van der Waals surface area contributed by atoms with Gasteiger partial charge in [-0.05, 0) is 24.6 Å². The molecule has 1 aliphatic rings. The van der Waals surface area contributed by atoms with E-state index < -0.39 is 34.2 Å². The van der Waals surface area contributed by atoms with E-state index >= 15 is 0 Å². The van der Waals surface area contributed by atoms with Crippen molar-refractivity contribution in [3.63, 3.8) is 0 Å². The number of urea groups is 1. The highest BCUT2D eigenvalue weighted by molar-refractivity contribution is 6.30. The molecule has 1 saturated heterocycles.